The summed E-state index contributed by atoms with van der Waals surface area (Å²) in [6.45, 7) is 8.72. The van der Waals surface area contributed by atoms with Crippen molar-refractivity contribution in [3.05, 3.63) is 0 Å². The van der Waals surface area contributed by atoms with Gasteiger partial charge in [0.05, 0.1) is 12.2 Å². The van der Waals surface area contributed by atoms with Gasteiger partial charge < -0.3 is 9.84 Å². The van der Waals surface area contributed by atoms with Gasteiger partial charge >= 0.3 is 0 Å². The van der Waals surface area contributed by atoms with Crippen LogP contribution in [0.2, 0.25) is 0 Å². The first-order valence-electron chi connectivity index (χ1n) is 4.39. The zero-order valence-corrected chi connectivity index (χ0v) is 8.00. The Labute approximate surface area is 69.6 Å². The van der Waals surface area contributed by atoms with Gasteiger partial charge in [0.2, 0.25) is 0 Å². The lowest BCUT2D eigenvalue weighted by molar-refractivity contribution is -0.0535. The van der Waals surface area contributed by atoms with E-state index < -0.39 is 0 Å². The van der Waals surface area contributed by atoms with Gasteiger partial charge in [-0.3, -0.25) is 0 Å². The second kappa shape index (κ2) is 5.56. The molecule has 0 spiro atoms. The van der Waals surface area contributed by atoms with Gasteiger partial charge in [-0.25, -0.2) is 0 Å². The maximum atomic E-state index is 9.28. The Morgan fingerprint density at radius 2 is 1.82 bits per heavy atom. The third-order valence-electron chi connectivity index (χ3n) is 1.65. The maximum absolute atomic E-state index is 9.28. The highest BCUT2D eigenvalue weighted by molar-refractivity contribution is 4.67. The van der Waals surface area contributed by atoms with Crippen molar-refractivity contribution < 1.29 is 9.84 Å². The maximum Gasteiger partial charge on any atom is 0.0853 e. The summed E-state index contributed by atoms with van der Waals surface area (Å²) in [6, 6.07) is 0. The molecule has 0 aliphatic rings. The van der Waals surface area contributed by atoms with Crippen molar-refractivity contribution in [3.8, 4) is 0 Å². The normalized spacial score (nSPS) is 16.9. The topological polar surface area (TPSA) is 29.5 Å². The summed E-state index contributed by atoms with van der Waals surface area (Å²) in [5, 5.41) is 9.28. The van der Waals surface area contributed by atoms with Crippen molar-refractivity contribution in [2.45, 2.75) is 46.3 Å². The van der Waals surface area contributed by atoms with Crippen LogP contribution < -0.4 is 0 Å². The summed E-state index contributed by atoms with van der Waals surface area (Å²) in [7, 11) is 0. The fraction of sp³-hybridized carbons (Fsp3) is 1.00. The molecule has 0 bridgehead atoms. The number of hydrogen-bond acceptors (Lipinski definition) is 2. The number of ether oxygens (including phenoxy) is 1. The molecule has 0 aromatic heterocycles. The molecule has 0 saturated heterocycles. The molecule has 0 rings (SSSR count). The molecule has 0 aliphatic carbocycles. The van der Waals surface area contributed by atoms with E-state index in [4.69, 9.17) is 4.74 Å². The van der Waals surface area contributed by atoms with Crippen LogP contribution in [0.3, 0.4) is 0 Å². The third kappa shape index (κ3) is 4.38. The van der Waals surface area contributed by atoms with Crippen LogP contribution in [0, 0.1) is 5.92 Å². The highest BCUT2D eigenvalue weighted by atomic mass is 16.5. The lowest BCUT2D eigenvalue weighted by Crippen LogP contribution is -2.31. The minimum Gasteiger partial charge on any atom is -0.391 e. The number of aliphatic hydroxyl groups excluding tert-OH is 1. The fourth-order valence-electron chi connectivity index (χ4n) is 1.14. The summed E-state index contributed by atoms with van der Waals surface area (Å²) in [6.07, 6.45) is 0.646. The minimum atomic E-state index is -0.360. The smallest absolute Gasteiger partial charge is 0.0853 e. The third-order valence-corrected chi connectivity index (χ3v) is 1.65. The van der Waals surface area contributed by atoms with Crippen LogP contribution in [0.1, 0.15) is 34.1 Å². The van der Waals surface area contributed by atoms with E-state index in [0.29, 0.717) is 5.92 Å². The largest absolute Gasteiger partial charge is 0.391 e. The fourth-order valence-corrected chi connectivity index (χ4v) is 1.14. The van der Waals surface area contributed by atoms with Gasteiger partial charge in [0, 0.05) is 6.61 Å². The average molecular weight is 160 g/mol. The molecule has 68 valence electrons. The van der Waals surface area contributed by atoms with E-state index in [0.717, 1.165) is 13.0 Å². The zero-order valence-electron chi connectivity index (χ0n) is 8.00. The van der Waals surface area contributed by atoms with E-state index in [-0.39, 0.29) is 12.2 Å². The van der Waals surface area contributed by atoms with Crippen molar-refractivity contribution in [1.29, 1.82) is 0 Å². The van der Waals surface area contributed by atoms with Crippen LogP contribution in [0.4, 0.5) is 0 Å². The molecule has 2 heteroatoms. The Hall–Kier alpha value is -0.0800. The first kappa shape index (κ1) is 10.9. The molecule has 0 aliphatic heterocycles. The van der Waals surface area contributed by atoms with Crippen molar-refractivity contribution in [2.24, 2.45) is 5.92 Å². The van der Waals surface area contributed by atoms with E-state index >= 15 is 0 Å². The standard InChI is InChI=1S/C9H20O2/c1-5-6-11-9(7(2)3)8(4)10/h7-10H,5-6H2,1-4H3/t8-,9+/m0/s1. The molecule has 0 fully saturated rings. The van der Waals surface area contributed by atoms with E-state index in [2.05, 4.69) is 20.8 Å². The van der Waals surface area contributed by atoms with Gasteiger partial charge in [-0.2, -0.15) is 0 Å². The van der Waals surface area contributed by atoms with Crippen LogP contribution in [-0.2, 0) is 4.74 Å². The highest BCUT2D eigenvalue weighted by Gasteiger charge is 2.18. The molecule has 2 nitrogen and oxygen atoms in total. The molecule has 0 saturated carbocycles. The van der Waals surface area contributed by atoms with Gasteiger partial charge in [0.15, 0.2) is 0 Å². The summed E-state index contributed by atoms with van der Waals surface area (Å²) in [5.41, 5.74) is 0. The van der Waals surface area contributed by atoms with E-state index in [1.807, 2.05) is 0 Å². The van der Waals surface area contributed by atoms with Crippen molar-refractivity contribution >= 4 is 0 Å². The Balaban J connectivity index is 3.70. The molecule has 0 radical (unpaired) electrons. The second-order valence-corrected chi connectivity index (χ2v) is 3.32. The van der Waals surface area contributed by atoms with Gasteiger partial charge in [0.1, 0.15) is 0 Å². The van der Waals surface area contributed by atoms with Crippen molar-refractivity contribution in [2.75, 3.05) is 6.61 Å². The van der Waals surface area contributed by atoms with E-state index in [1.54, 1.807) is 6.92 Å². The van der Waals surface area contributed by atoms with Crippen LogP contribution >= 0.6 is 0 Å². The summed E-state index contributed by atoms with van der Waals surface area (Å²) >= 11 is 0. The molecule has 0 aromatic rings. The Morgan fingerprint density at radius 3 is 2.09 bits per heavy atom. The average Bonchev–Trinajstić information content (AvgIpc) is 1.87. The molecule has 0 heterocycles. The Kier molecular flexibility index (Phi) is 5.51. The van der Waals surface area contributed by atoms with Crippen LogP contribution in [0.25, 0.3) is 0 Å². The van der Waals surface area contributed by atoms with Gasteiger partial charge in [-0.15, -0.1) is 0 Å². The first-order valence-corrected chi connectivity index (χ1v) is 4.39. The Bertz CT molecular complexity index is 81.6. The predicted octanol–water partition coefficient (Wildman–Crippen LogP) is 1.82. The van der Waals surface area contributed by atoms with Crippen molar-refractivity contribution in [1.82, 2.24) is 0 Å². The summed E-state index contributed by atoms with van der Waals surface area (Å²) in [5.74, 6) is 0.390. The molecular formula is C9H20O2. The SMILES string of the molecule is CCCO[C@H](C(C)C)[C@H](C)O. The summed E-state index contributed by atoms with van der Waals surface area (Å²) < 4.78 is 5.46. The molecule has 1 N–H and O–H groups in total. The van der Waals surface area contributed by atoms with Gasteiger partial charge in [-0.05, 0) is 19.3 Å². The number of hydrogen-bond donors (Lipinski definition) is 1. The Morgan fingerprint density at radius 1 is 1.27 bits per heavy atom. The molecule has 11 heavy (non-hydrogen) atoms. The number of aliphatic hydroxyl groups is 1. The minimum absolute atomic E-state index is 0.00468. The molecule has 2 atom stereocenters. The zero-order chi connectivity index (χ0) is 8.85. The monoisotopic (exact) mass is 160 g/mol. The van der Waals surface area contributed by atoms with Crippen molar-refractivity contribution in [3.63, 3.8) is 0 Å². The molecule has 0 amide bonds. The molecular weight excluding hydrogens is 140 g/mol. The lowest BCUT2D eigenvalue weighted by atomic mass is 10.0. The second-order valence-electron chi connectivity index (χ2n) is 3.32. The highest BCUT2D eigenvalue weighted by Crippen LogP contribution is 2.10. The quantitative estimate of drug-likeness (QED) is 0.664. The first-order chi connectivity index (χ1) is 5.09. The summed E-state index contributed by atoms with van der Waals surface area (Å²) in [4.78, 5) is 0. The molecule has 0 unspecified atom stereocenters. The van der Waals surface area contributed by atoms with Crippen LogP contribution in [0.15, 0.2) is 0 Å². The van der Waals surface area contributed by atoms with Gasteiger partial charge in [0.25, 0.3) is 0 Å². The molecule has 0 aromatic carbocycles. The van der Waals surface area contributed by atoms with Crippen LogP contribution in [0.5, 0.6) is 0 Å². The van der Waals surface area contributed by atoms with Gasteiger partial charge in [-0.1, -0.05) is 20.8 Å². The van der Waals surface area contributed by atoms with E-state index in [1.165, 1.54) is 0 Å². The predicted molar refractivity (Wildman–Crippen MR) is 46.5 cm³/mol. The lowest BCUT2D eigenvalue weighted by Gasteiger charge is -2.23. The number of rotatable bonds is 5. The van der Waals surface area contributed by atoms with Crippen LogP contribution in [-0.4, -0.2) is 23.9 Å². The van der Waals surface area contributed by atoms with E-state index in [9.17, 15) is 5.11 Å².